The number of alkyl halides is 2. The molecule has 0 spiro atoms. The molecular weight excluding hydrogens is 330 g/mol. The van der Waals surface area contributed by atoms with Crippen molar-refractivity contribution in [2.24, 2.45) is 0 Å². The summed E-state index contributed by atoms with van der Waals surface area (Å²) in [5.41, 5.74) is 1.89. The molecule has 0 aliphatic carbocycles. The molecule has 0 bridgehead atoms. The number of H-pyrrole nitrogens is 1. The van der Waals surface area contributed by atoms with Crippen LogP contribution in [0.3, 0.4) is 0 Å². The monoisotopic (exact) mass is 346 g/mol. The van der Waals surface area contributed by atoms with E-state index in [9.17, 15) is 8.78 Å². The van der Waals surface area contributed by atoms with E-state index in [2.05, 4.69) is 25.1 Å². The Kier molecular flexibility index (Phi) is 3.52. The maximum atomic E-state index is 13.1. The molecule has 7 nitrogen and oxygen atoms in total. The number of ether oxygens (including phenoxy) is 1. The third kappa shape index (κ3) is 2.97. The molecule has 0 radical (unpaired) electrons. The van der Waals surface area contributed by atoms with E-state index in [0.29, 0.717) is 23.1 Å². The maximum Gasteiger partial charge on any atom is 0.282 e. The summed E-state index contributed by atoms with van der Waals surface area (Å²) in [6, 6.07) is 3.45. The summed E-state index contributed by atoms with van der Waals surface area (Å²) < 4.78 is 31.8. The maximum absolute atomic E-state index is 13.1. The zero-order chi connectivity index (χ0) is 17.6. The van der Waals surface area contributed by atoms with Crippen molar-refractivity contribution in [2.75, 3.05) is 18.0 Å². The first kappa shape index (κ1) is 15.7. The van der Waals surface area contributed by atoms with Gasteiger partial charge in [-0.3, -0.25) is 5.10 Å². The van der Waals surface area contributed by atoms with Gasteiger partial charge in [-0.25, -0.2) is 23.7 Å². The molecule has 130 valence electrons. The van der Waals surface area contributed by atoms with Crippen molar-refractivity contribution in [3.8, 4) is 17.3 Å². The van der Waals surface area contributed by atoms with Crippen LogP contribution in [0.25, 0.3) is 22.3 Å². The molecule has 0 atom stereocenters. The highest BCUT2D eigenvalue weighted by Crippen LogP contribution is 2.33. The normalized spacial score (nSPS) is 16.3. The Balaban J connectivity index is 1.69. The first-order chi connectivity index (χ1) is 11.9. The van der Waals surface area contributed by atoms with E-state index in [1.165, 1.54) is 11.2 Å². The zero-order valence-corrected chi connectivity index (χ0v) is 13.7. The lowest BCUT2D eigenvalue weighted by molar-refractivity contribution is -0.0267. The Morgan fingerprint density at radius 1 is 1.20 bits per heavy atom. The molecule has 3 aromatic rings. The largest absolute Gasteiger partial charge is 0.475 e. The average Bonchev–Trinajstić information content (AvgIpc) is 2.95. The average molecular weight is 346 g/mol. The van der Waals surface area contributed by atoms with Gasteiger partial charge in [0.2, 0.25) is 5.88 Å². The van der Waals surface area contributed by atoms with Crippen molar-refractivity contribution in [1.29, 1.82) is 0 Å². The number of anilines is 1. The second-order valence-electron chi connectivity index (χ2n) is 6.28. The van der Waals surface area contributed by atoms with Gasteiger partial charge in [0.25, 0.3) is 5.92 Å². The van der Waals surface area contributed by atoms with Gasteiger partial charge in [0.1, 0.15) is 17.8 Å². The molecule has 9 heteroatoms. The van der Waals surface area contributed by atoms with Gasteiger partial charge >= 0.3 is 0 Å². The van der Waals surface area contributed by atoms with E-state index in [1.807, 2.05) is 13.8 Å². The fraction of sp³-hybridized carbons (Fsp3) is 0.375. The summed E-state index contributed by atoms with van der Waals surface area (Å²) in [5.74, 6) is -1.71. The van der Waals surface area contributed by atoms with Gasteiger partial charge in [-0.05, 0) is 13.8 Å². The van der Waals surface area contributed by atoms with Gasteiger partial charge in [-0.15, -0.1) is 0 Å². The van der Waals surface area contributed by atoms with Crippen molar-refractivity contribution < 1.29 is 13.5 Å². The Morgan fingerprint density at radius 3 is 2.72 bits per heavy atom. The van der Waals surface area contributed by atoms with E-state index in [4.69, 9.17) is 4.74 Å². The third-order valence-electron chi connectivity index (χ3n) is 3.84. The van der Waals surface area contributed by atoms with Crippen LogP contribution in [0.15, 0.2) is 24.7 Å². The highest BCUT2D eigenvalue weighted by atomic mass is 19.3. The Labute approximate surface area is 142 Å². The minimum absolute atomic E-state index is 0.000890. The SMILES string of the molecule is CC(C)Oc1cc2c(-c3cc(N4CC(F)(F)C4)ncn3)n[nH]c2cn1. The third-order valence-corrected chi connectivity index (χ3v) is 3.84. The predicted molar refractivity (Wildman–Crippen MR) is 87.8 cm³/mol. The van der Waals surface area contributed by atoms with E-state index >= 15 is 0 Å². The topological polar surface area (TPSA) is 79.8 Å². The van der Waals surface area contributed by atoms with Crippen LogP contribution >= 0.6 is 0 Å². The standard InChI is InChI=1S/C16H16F2N6O/c1-9(2)25-14-3-10-12(5-19-14)22-23-15(10)11-4-13(21-8-20-11)24-6-16(17,18)7-24/h3-5,8-9H,6-7H2,1-2H3,(H,22,23). The van der Waals surface area contributed by atoms with Gasteiger partial charge < -0.3 is 9.64 Å². The first-order valence-electron chi connectivity index (χ1n) is 7.87. The molecule has 1 fully saturated rings. The highest BCUT2D eigenvalue weighted by Gasteiger charge is 2.44. The van der Waals surface area contributed by atoms with Crippen LogP contribution in [0.5, 0.6) is 5.88 Å². The lowest BCUT2D eigenvalue weighted by atomic mass is 10.1. The number of halogens is 2. The van der Waals surface area contributed by atoms with Crippen LogP contribution in [0.4, 0.5) is 14.6 Å². The van der Waals surface area contributed by atoms with Crippen molar-refractivity contribution in [2.45, 2.75) is 25.9 Å². The van der Waals surface area contributed by atoms with Gasteiger partial charge in [0.05, 0.1) is 36.6 Å². The van der Waals surface area contributed by atoms with Crippen molar-refractivity contribution in [3.63, 3.8) is 0 Å². The van der Waals surface area contributed by atoms with Crippen LogP contribution in [0, 0.1) is 0 Å². The molecule has 25 heavy (non-hydrogen) atoms. The number of hydrogen-bond donors (Lipinski definition) is 1. The van der Waals surface area contributed by atoms with Crippen LogP contribution in [0.2, 0.25) is 0 Å². The highest BCUT2D eigenvalue weighted by molar-refractivity contribution is 5.92. The summed E-state index contributed by atoms with van der Waals surface area (Å²) in [5, 5.41) is 7.97. The molecule has 3 aromatic heterocycles. The molecule has 0 amide bonds. The fourth-order valence-corrected chi connectivity index (χ4v) is 2.72. The molecule has 1 N–H and O–H groups in total. The zero-order valence-electron chi connectivity index (χ0n) is 13.7. The second kappa shape index (κ2) is 5.61. The number of aromatic nitrogens is 5. The van der Waals surface area contributed by atoms with E-state index in [1.54, 1.807) is 18.3 Å². The van der Waals surface area contributed by atoms with E-state index in [0.717, 1.165) is 10.9 Å². The minimum atomic E-state index is -2.65. The summed E-state index contributed by atoms with van der Waals surface area (Å²) in [6.07, 6.45) is 3.00. The van der Waals surface area contributed by atoms with E-state index < -0.39 is 5.92 Å². The quantitative estimate of drug-likeness (QED) is 0.782. The van der Waals surface area contributed by atoms with Crippen LogP contribution < -0.4 is 9.64 Å². The van der Waals surface area contributed by atoms with Crippen LogP contribution in [0.1, 0.15) is 13.8 Å². The number of nitrogens with zero attached hydrogens (tertiary/aromatic N) is 5. The molecule has 1 aliphatic heterocycles. The molecule has 0 saturated carbocycles. The summed E-state index contributed by atoms with van der Waals surface area (Å²) >= 11 is 0. The van der Waals surface area contributed by atoms with Gasteiger partial charge in [0, 0.05) is 17.5 Å². The number of rotatable bonds is 4. The molecule has 1 saturated heterocycles. The smallest absolute Gasteiger partial charge is 0.282 e. The molecule has 0 aromatic carbocycles. The van der Waals surface area contributed by atoms with Crippen molar-refractivity contribution in [3.05, 3.63) is 24.7 Å². The van der Waals surface area contributed by atoms with Crippen molar-refractivity contribution in [1.82, 2.24) is 25.1 Å². The minimum Gasteiger partial charge on any atom is -0.475 e. The first-order valence-corrected chi connectivity index (χ1v) is 7.87. The number of fused-ring (bicyclic) bond motifs is 1. The van der Waals surface area contributed by atoms with Crippen molar-refractivity contribution >= 4 is 16.7 Å². The van der Waals surface area contributed by atoms with Crippen LogP contribution in [-0.2, 0) is 0 Å². The van der Waals surface area contributed by atoms with Gasteiger partial charge in [-0.1, -0.05) is 0 Å². The Hall–Kier alpha value is -2.84. The number of nitrogens with one attached hydrogen (secondary N) is 1. The second-order valence-corrected chi connectivity index (χ2v) is 6.28. The molecule has 0 unspecified atom stereocenters. The fourth-order valence-electron chi connectivity index (χ4n) is 2.72. The van der Waals surface area contributed by atoms with Gasteiger partial charge in [-0.2, -0.15) is 5.10 Å². The van der Waals surface area contributed by atoms with E-state index in [-0.39, 0.29) is 19.2 Å². The molecule has 4 heterocycles. The molecular formula is C16H16F2N6O. The lowest BCUT2D eigenvalue weighted by Crippen LogP contribution is -2.56. The Morgan fingerprint density at radius 2 is 2.00 bits per heavy atom. The molecule has 4 rings (SSSR count). The predicted octanol–water partition coefficient (Wildman–Crippen LogP) is 2.66. The number of hydrogen-bond acceptors (Lipinski definition) is 6. The number of aromatic amines is 1. The lowest BCUT2D eigenvalue weighted by Gasteiger charge is -2.39. The molecule has 1 aliphatic rings. The summed E-state index contributed by atoms with van der Waals surface area (Å²) in [4.78, 5) is 14.0. The number of pyridine rings is 1. The summed E-state index contributed by atoms with van der Waals surface area (Å²) in [7, 11) is 0. The Bertz CT molecular complexity index is 918. The summed E-state index contributed by atoms with van der Waals surface area (Å²) in [6.45, 7) is 3.17. The van der Waals surface area contributed by atoms with Crippen LogP contribution in [-0.4, -0.2) is 50.3 Å². The van der Waals surface area contributed by atoms with Gasteiger partial charge in [0.15, 0.2) is 0 Å².